The standard InChI is InChI=1S/C19H22ClNO4/c1-4-24-17-9-14(15(20)10-18(17)25-5-2)11-21-16-8-13(19(22)23)7-6-12(16)3/h6-10,21H,4-5,11H2,1-3H3,(H,22,23). The van der Waals surface area contributed by atoms with Gasteiger partial charge in [-0.1, -0.05) is 17.7 Å². The molecule has 0 amide bonds. The summed E-state index contributed by atoms with van der Waals surface area (Å²) in [5, 5.41) is 12.9. The fraction of sp³-hybridized carbons (Fsp3) is 0.316. The first-order valence-electron chi connectivity index (χ1n) is 8.12. The van der Waals surface area contributed by atoms with Gasteiger partial charge in [-0.25, -0.2) is 4.79 Å². The minimum atomic E-state index is -0.958. The molecule has 2 N–H and O–H groups in total. The highest BCUT2D eigenvalue weighted by atomic mass is 35.5. The Morgan fingerprint density at radius 3 is 2.36 bits per heavy atom. The summed E-state index contributed by atoms with van der Waals surface area (Å²) < 4.78 is 11.2. The smallest absolute Gasteiger partial charge is 0.335 e. The van der Waals surface area contributed by atoms with E-state index in [4.69, 9.17) is 26.2 Å². The normalized spacial score (nSPS) is 10.4. The molecule has 0 radical (unpaired) electrons. The minimum Gasteiger partial charge on any atom is -0.490 e. The molecule has 2 aromatic rings. The molecule has 25 heavy (non-hydrogen) atoms. The van der Waals surface area contributed by atoms with Gasteiger partial charge in [-0.15, -0.1) is 0 Å². The van der Waals surface area contributed by atoms with Crippen LogP contribution in [-0.2, 0) is 6.54 Å². The van der Waals surface area contributed by atoms with Crippen molar-refractivity contribution in [2.75, 3.05) is 18.5 Å². The molecule has 5 nitrogen and oxygen atoms in total. The molecular weight excluding hydrogens is 342 g/mol. The van der Waals surface area contributed by atoms with Crippen molar-refractivity contribution >= 4 is 23.3 Å². The van der Waals surface area contributed by atoms with Crippen molar-refractivity contribution in [2.45, 2.75) is 27.3 Å². The first-order chi connectivity index (χ1) is 12.0. The van der Waals surface area contributed by atoms with Crippen molar-refractivity contribution in [2.24, 2.45) is 0 Å². The maximum absolute atomic E-state index is 11.1. The molecule has 2 aromatic carbocycles. The lowest BCUT2D eigenvalue weighted by Gasteiger charge is -2.16. The Morgan fingerprint density at radius 2 is 1.76 bits per heavy atom. The monoisotopic (exact) mass is 363 g/mol. The Kier molecular flexibility index (Phi) is 6.53. The highest BCUT2D eigenvalue weighted by Crippen LogP contribution is 2.34. The topological polar surface area (TPSA) is 67.8 Å². The molecule has 0 aromatic heterocycles. The van der Waals surface area contributed by atoms with Gasteiger partial charge in [0.2, 0.25) is 0 Å². The van der Waals surface area contributed by atoms with E-state index in [1.165, 1.54) is 0 Å². The van der Waals surface area contributed by atoms with Gasteiger partial charge in [0.1, 0.15) is 0 Å². The highest BCUT2D eigenvalue weighted by Gasteiger charge is 2.12. The number of nitrogens with one attached hydrogen (secondary N) is 1. The number of benzene rings is 2. The van der Waals surface area contributed by atoms with Crippen molar-refractivity contribution in [3.8, 4) is 11.5 Å². The Labute approximate surface area is 152 Å². The number of halogens is 1. The summed E-state index contributed by atoms with van der Waals surface area (Å²) in [6.07, 6.45) is 0. The lowest BCUT2D eigenvalue weighted by molar-refractivity contribution is 0.0697. The van der Waals surface area contributed by atoms with Crippen molar-refractivity contribution in [3.63, 3.8) is 0 Å². The zero-order valence-corrected chi connectivity index (χ0v) is 15.3. The fourth-order valence-electron chi connectivity index (χ4n) is 2.39. The summed E-state index contributed by atoms with van der Waals surface area (Å²) in [6.45, 7) is 7.21. The number of rotatable bonds is 8. The largest absolute Gasteiger partial charge is 0.490 e. The van der Waals surface area contributed by atoms with E-state index in [0.29, 0.717) is 36.3 Å². The SMILES string of the molecule is CCOc1cc(Cl)c(CNc2cc(C(=O)O)ccc2C)cc1OCC. The number of ether oxygens (including phenoxy) is 2. The summed E-state index contributed by atoms with van der Waals surface area (Å²) in [6, 6.07) is 8.56. The van der Waals surface area contributed by atoms with Gasteiger partial charge < -0.3 is 19.9 Å². The van der Waals surface area contributed by atoms with Gasteiger partial charge in [-0.3, -0.25) is 0 Å². The third kappa shape index (κ3) is 4.79. The van der Waals surface area contributed by atoms with E-state index < -0.39 is 5.97 Å². The Balaban J connectivity index is 2.24. The molecule has 0 saturated carbocycles. The van der Waals surface area contributed by atoms with Crippen LogP contribution < -0.4 is 14.8 Å². The van der Waals surface area contributed by atoms with E-state index >= 15 is 0 Å². The fourth-order valence-corrected chi connectivity index (χ4v) is 2.61. The summed E-state index contributed by atoms with van der Waals surface area (Å²) in [5.74, 6) is 0.296. The molecule has 134 valence electrons. The summed E-state index contributed by atoms with van der Waals surface area (Å²) in [4.78, 5) is 11.1. The first-order valence-corrected chi connectivity index (χ1v) is 8.49. The number of hydrogen-bond donors (Lipinski definition) is 2. The lowest BCUT2D eigenvalue weighted by atomic mass is 10.1. The molecule has 0 heterocycles. The van der Waals surface area contributed by atoms with Crippen LogP contribution >= 0.6 is 11.6 Å². The van der Waals surface area contributed by atoms with Crippen LogP contribution in [0.5, 0.6) is 11.5 Å². The van der Waals surface area contributed by atoms with Crippen LogP contribution in [0.2, 0.25) is 5.02 Å². The summed E-state index contributed by atoms with van der Waals surface area (Å²) >= 11 is 6.36. The van der Waals surface area contributed by atoms with Gasteiger partial charge >= 0.3 is 5.97 Å². The van der Waals surface area contributed by atoms with Crippen molar-refractivity contribution < 1.29 is 19.4 Å². The number of carbonyl (C=O) groups is 1. The second-order valence-electron chi connectivity index (χ2n) is 5.44. The van der Waals surface area contributed by atoms with Crippen LogP contribution in [-0.4, -0.2) is 24.3 Å². The zero-order chi connectivity index (χ0) is 18.4. The van der Waals surface area contributed by atoms with E-state index in [9.17, 15) is 4.79 Å². The molecule has 0 aliphatic carbocycles. The molecule has 0 aliphatic rings. The molecule has 0 bridgehead atoms. The van der Waals surface area contributed by atoms with Gasteiger partial charge in [0.25, 0.3) is 0 Å². The third-order valence-corrected chi connectivity index (χ3v) is 4.02. The van der Waals surface area contributed by atoms with Crippen LogP contribution in [0.1, 0.15) is 35.3 Å². The summed E-state index contributed by atoms with van der Waals surface area (Å²) in [5.41, 5.74) is 2.79. The van der Waals surface area contributed by atoms with Gasteiger partial charge in [-0.2, -0.15) is 0 Å². The van der Waals surface area contributed by atoms with Gasteiger partial charge in [0.15, 0.2) is 11.5 Å². The quantitative estimate of drug-likeness (QED) is 0.708. The van der Waals surface area contributed by atoms with Gasteiger partial charge in [0, 0.05) is 23.3 Å². The van der Waals surface area contributed by atoms with E-state index in [1.807, 2.05) is 26.8 Å². The van der Waals surface area contributed by atoms with E-state index in [2.05, 4.69) is 5.32 Å². The molecule has 2 rings (SSSR count). The van der Waals surface area contributed by atoms with Crippen LogP contribution in [0.4, 0.5) is 5.69 Å². The average Bonchev–Trinajstić information content (AvgIpc) is 2.57. The lowest BCUT2D eigenvalue weighted by Crippen LogP contribution is -2.06. The number of anilines is 1. The number of aromatic carboxylic acids is 1. The van der Waals surface area contributed by atoms with Crippen molar-refractivity contribution in [3.05, 3.63) is 52.0 Å². The Hall–Kier alpha value is -2.40. The molecule has 0 spiro atoms. The molecular formula is C19H22ClNO4. The molecule has 0 saturated heterocycles. The minimum absolute atomic E-state index is 0.237. The number of carboxylic acid groups (broad SMARTS) is 1. The Morgan fingerprint density at radius 1 is 1.12 bits per heavy atom. The zero-order valence-electron chi connectivity index (χ0n) is 14.6. The van der Waals surface area contributed by atoms with Gasteiger partial charge in [-0.05, 0) is 50.1 Å². The molecule has 0 fully saturated rings. The van der Waals surface area contributed by atoms with Crippen LogP contribution in [0.3, 0.4) is 0 Å². The number of hydrogen-bond acceptors (Lipinski definition) is 4. The Bertz CT molecular complexity index is 761. The van der Waals surface area contributed by atoms with Crippen LogP contribution in [0, 0.1) is 6.92 Å². The number of aryl methyl sites for hydroxylation is 1. The predicted molar refractivity (Wildman–Crippen MR) is 99.3 cm³/mol. The second-order valence-corrected chi connectivity index (χ2v) is 5.85. The maximum atomic E-state index is 11.1. The molecule has 0 aliphatic heterocycles. The third-order valence-electron chi connectivity index (χ3n) is 3.67. The van der Waals surface area contributed by atoms with Crippen molar-refractivity contribution in [1.82, 2.24) is 0 Å². The van der Waals surface area contributed by atoms with Crippen molar-refractivity contribution in [1.29, 1.82) is 0 Å². The van der Waals surface area contributed by atoms with Gasteiger partial charge in [0.05, 0.1) is 18.8 Å². The maximum Gasteiger partial charge on any atom is 0.335 e. The van der Waals surface area contributed by atoms with E-state index in [0.717, 1.165) is 16.8 Å². The van der Waals surface area contributed by atoms with Crippen LogP contribution in [0.25, 0.3) is 0 Å². The average molecular weight is 364 g/mol. The highest BCUT2D eigenvalue weighted by molar-refractivity contribution is 6.31. The van der Waals surface area contributed by atoms with E-state index in [1.54, 1.807) is 24.3 Å². The number of carboxylic acids is 1. The van der Waals surface area contributed by atoms with Crippen LogP contribution in [0.15, 0.2) is 30.3 Å². The first kappa shape index (κ1) is 18.9. The predicted octanol–water partition coefficient (Wildman–Crippen LogP) is 4.76. The van der Waals surface area contributed by atoms with E-state index in [-0.39, 0.29) is 5.56 Å². The summed E-state index contributed by atoms with van der Waals surface area (Å²) in [7, 11) is 0. The second kappa shape index (κ2) is 8.62. The molecule has 0 unspecified atom stereocenters. The molecule has 6 heteroatoms. The molecule has 0 atom stereocenters.